The van der Waals surface area contributed by atoms with E-state index in [1.54, 1.807) is 18.2 Å². The largest absolute Gasteiger partial charge is 0.494 e. The highest BCUT2D eigenvalue weighted by atomic mass is 16.5. The lowest BCUT2D eigenvalue weighted by Gasteiger charge is -2.07. The third-order valence-corrected chi connectivity index (χ3v) is 3.07. The highest BCUT2D eigenvalue weighted by Crippen LogP contribution is 2.21. The van der Waals surface area contributed by atoms with E-state index in [9.17, 15) is 9.59 Å². The Hall–Kier alpha value is -2.89. The zero-order chi connectivity index (χ0) is 14.3. The van der Waals surface area contributed by atoms with Gasteiger partial charge in [0.1, 0.15) is 16.9 Å². The number of pyridine rings is 1. The van der Waals surface area contributed by atoms with Gasteiger partial charge in [-0.2, -0.15) is 0 Å². The first kappa shape index (κ1) is 12.2. The molecule has 0 aliphatic rings. The smallest absolute Gasteiger partial charge is 0.337 e. The molecule has 0 radical (unpaired) electrons. The highest BCUT2D eigenvalue weighted by Gasteiger charge is 2.11. The van der Waals surface area contributed by atoms with Gasteiger partial charge in [0.15, 0.2) is 0 Å². The molecule has 0 fully saturated rings. The minimum Gasteiger partial charge on any atom is -0.494 e. The van der Waals surface area contributed by atoms with Crippen molar-refractivity contribution in [3.8, 4) is 5.75 Å². The Balaban J connectivity index is 2.47. The van der Waals surface area contributed by atoms with Crippen LogP contribution in [0.4, 0.5) is 0 Å². The van der Waals surface area contributed by atoms with E-state index in [-0.39, 0.29) is 11.1 Å². The summed E-state index contributed by atoms with van der Waals surface area (Å²) in [4.78, 5) is 27.7. The molecule has 0 unspecified atom stereocenters. The molecule has 0 saturated carbocycles. The zero-order valence-electron chi connectivity index (χ0n) is 10.5. The Bertz CT molecular complexity index is 899. The van der Waals surface area contributed by atoms with Gasteiger partial charge in [-0.05, 0) is 24.3 Å². The summed E-state index contributed by atoms with van der Waals surface area (Å²) in [5.74, 6) is -0.589. The van der Waals surface area contributed by atoms with Gasteiger partial charge in [0.25, 0.3) is 5.56 Å². The van der Waals surface area contributed by atoms with Crippen molar-refractivity contribution in [2.45, 2.75) is 0 Å². The topological polar surface area (TPSA) is 80.9 Å². The Morgan fingerprint density at radius 3 is 2.80 bits per heavy atom. The molecule has 6 heteroatoms. The molecule has 0 spiro atoms. The molecule has 0 aliphatic heterocycles. The fraction of sp³-hybridized carbons (Fsp3) is 0.0714. The molecule has 3 rings (SSSR count). The lowest BCUT2D eigenvalue weighted by molar-refractivity contribution is 0.0696. The first-order valence-electron chi connectivity index (χ1n) is 5.84. The van der Waals surface area contributed by atoms with Crippen molar-refractivity contribution >= 4 is 22.5 Å². The van der Waals surface area contributed by atoms with E-state index in [1.165, 1.54) is 29.8 Å². The molecular formula is C14H10N2O4. The van der Waals surface area contributed by atoms with Gasteiger partial charge < -0.3 is 9.84 Å². The SMILES string of the molecule is COc1cccc2c(=O)n3cc(C(=O)O)ccc3nc12. The minimum absolute atomic E-state index is 0.0312. The Labute approximate surface area is 112 Å². The summed E-state index contributed by atoms with van der Waals surface area (Å²) in [6, 6.07) is 7.95. The van der Waals surface area contributed by atoms with Gasteiger partial charge in [-0.25, -0.2) is 9.78 Å². The van der Waals surface area contributed by atoms with E-state index in [1.807, 2.05) is 0 Å². The quantitative estimate of drug-likeness (QED) is 0.714. The molecule has 100 valence electrons. The van der Waals surface area contributed by atoms with Gasteiger partial charge in [0, 0.05) is 6.20 Å². The van der Waals surface area contributed by atoms with Gasteiger partial charge in [-0.3, -0.25) is 9.20 Å². The first-order valence-corrected chi connectivity index (χ1v) is 5.84. The number of benzene rings is 1. The number of aromatic carboxylic acids is 1. The molecule has 1 N–H and O–H groups in total. The van der Waals surface area contributed by atoms with Crippen LogP contribution in [0.2, 0.25) is 0 Å². The Morgan fingerprint density at radius 1 is 1.30 bits per heavy atom. The summed E-state index contributed by atoms with van der Waals surface area (Å²) >= 11 is 0. The van der Waals surface area contributed by atoms with Crippen LogP contribution >= 0.6 is 0 Å². The van der Waals surface area contributed by atoms with E-state index in [2.05, 4.69) is 4.98 Å². The number of para-hydroxylation sites is 1. The fourth-order valence-corrected chi connectivity index (χ4v) is 2.09. The maximum absolute atomic E-state index is 12.4. The van der Waals surface area contributed by atoms with Crippen LogP contribution in [0, 0.1) is 0 Å². The molecular weight excluding hydrogens is 260 g/mol. The molecule has 1 aromatic carbocycles. The molecule has 6 nitrogen and oxygen atoms in total. The maximum Gasteiger partial charge on any atom is 0.337 e. The van der Waals surface area contributed by atoms with Crippen molar-refractivity contribution in [1.82, 2.24) is 9.38 Å². The monoisotopic (exact) mass is 270 g/mol. The number of fused-ring (bicyclic) bond motifs is 2. The Morgan fingerprint density at radius 2 is 2.10 bits per heavy atom. The van der Waals surface area contributed by atoms with Crippen molar-refractivity contribution in [3.63, 3.8) is 0 Å². The van der Waals surface area contributed by atoms with Crippen LogP contribution in [-0.4, -0.2) is 27.6 Å². The van der Waals surface area contributed by atoms with Gasteiger partial charge in [0.05, 0.1) is 18.1 Å². The summed E-state index contributed by atoms with van der Waals surface area (Å²) in [5, 5.41) is 9.35. The lowest BCUT2D eigenvalue weighted by atomic mass is 10.2. The van der Waals surface area contributed by atoms with Crippen LogP contribution in [0.3, 0.4) is 0 Å². The van der Waals surface area contributed by atoms with E-state index in [4.69, 9.17) is 9.84 Å². The molecule has 2 aromatic heterocycles. The molecule has 0 saturated heterocycles. The third-order valence-electron chi connectivity index (χ3n) is 3.07. The van der Waals surface area contributed by atoms with Crippen LogP contribution in [0.15, 0.2) is 41.3 Å². The van der Waals surface area contributed by atoms with Crippen molar-refractivity contribution in [3.05, 3.63) is 52.4 Å². The normalized spacial score (nSPS) is 10.8. The van der Waals surface area contributed by atoms with E-state index >= 15 is 0 Å². The van der Waals surface area contributed by atoms with Gasteiger partial charge in [0.2, 0.25) is 0 Å². The number of carboxylic acid groups (broad SMARTS) is 1. The van der Waals surface area contributed by atoms with Crippen LogP contribution in [0.5, 0.6) is 5.75 Å². The van der Waals surface area contributed by atoms with Crippen LogP contribution in [-0.2, 0) is 0 Å². The summed E-state index contributed by atoms with van der Waals surface area (Å²) in [5.41, 5.74) is 0.538. The second-order valence-corrected chi connectivity index (χ2v) is 4.22. The maximum atomic E-state index is 12.4. The number of hydrogen-bond donors (Lipinski definition) is 1. The van der Waals surface area contributed by atoms with Crippen LogP contribution in [0.25, 0.3) is 16.6 Å². The van der Waals surface area contributed by atoms with Crippen LogP contribution < -0.4 is 10.3 Å². The first-order chi connectivity index (χ1) is 9.61. The van der Waals surface area contributed by atoms with Gasteiger partial charge in [-0.1, -0.05) is 6.07 Å². The summed E-state index contributed by atoms with van der Waals surface area (Å²) in [7, 11) is 1.51. The van der Waals surface area contributed by atoms with Gasteiger partial charge in [-0.15, -0.1) is 0 Å². The van der Waals surface area contributed by atoms with E-state index < -0.39 is 5.97 Å². The number of hydrogen-bond acceptors (Lipinski definition) is 4. The summed E-state index contributed by atoms with van der Waals surface area (Å²) in [6.45, 7) is 0. The predicted octanol–water partition coefficient (Wildman–Crippen LogP) is 1.55. The molecule has 0 atom stereocenters. The summed E-state index contributed by atoms with van der Waals surface area (Å²) < 4.78 is 6.42. The number of carboxylic acids is 1. The number of rotatable bonds is 2. The number of carbonyl (C=O) groups is 1. The molecule has 0 bridgehead atoms. The molecule has 3 aromatic rings. The molecule has 2 heterocycles. The fourth-order valence-electron chi connectivity index (χ4n) is 2.09. The highest BCUT2D eigenvalue weighted by molar-refractivity contribution is 5.89. The molecule has 0 aliphatic carbocycles. The standard InChI is InChI=1S/C14H10N2O4/c1-20-10-4-2-3-9-12(10)15-11-6-5-8(14(18)19)7-16(11)13(9)17/h2-7H,1H3,(H,18,19). The number of nitrogens with zero attached hydrogens (tertiary/aromatic N) is 2. The average molecular weight is 270 g/mol. The van der Waals surface area contributed by atoms with Crippen molar-refractivity contribution in [2.75, 3.05) is 7.11 Å². The van der Waals surface area contributed by atoms with Crippen molar-refractivity contribution in [2.24, 2.45) is 0 Å². The molecule has 20 heavy (non-hydrogen) atoms. The summed E-state index contributed by atoms with van der Waals surface area (Å²) in [6.07, 6.45) is 1.27. The zero-order valence-corrected chi connectivity index (χ0v) is 10.5. The second kappa shape index (κ2) is 4.34. The number of methoxy groups -OCH3 is 1. The van der Waals surface area contributed by atoms with Crippen molar-refractivity contribution in [1.29, 1.82) is 0 Å². The van der Waals surface area contributed by atoms with E-state index in [0.717, 1.165) is 0 Å². The molecule has 0 amide bonds. The van der Waals surface area contributed by atoms with Crippen LogP contribution in [0.1, 0.15) is 10.4 Å². The average Bonchev–Trinajstić information content (AvgIpc) is 2.46. The van der Waals surface area contributed by atoms with E-state index in [0.29, 0.717) is 22.3 Å². The number of ether oxygens (including phenoxy) is 1. The predicted molar refractivity (Wildman–Crippen MR) is 72.5 cm³/mol. The van der Waals surface area contributed by atoms with Gasteiger partial charge >= 0.3 is 5.97 Å². The third kappa shape index (κ3) is 1.70. The minimum atomic E-state index is -1.09. The Kier molecular flexibility index (Phi) is 2.64. The number of aromatic nitrogens is 2. The van der Waals surface area contributed by atoms with Crippen molar-refractivity contribution < 1.29 is 14.6 Å². The lowest BCUT2D eigenvalue weighted by Crippen LogP contribution is -2.16. The second-order valence-electron chi connectivity index (χ2n) is 4.22.